The molecule has 0 radical (unpaired) electrons. The summed E-state index contributed by atoms with van der Waals surface area (Å²) in [5, 5.41) is 5.48. The van der Waals surface area contributed by atoms with Gasteiger partial charge in [0, 0.05) is 18.6 Å². The topological polar surface area (TPSA) is 67.1 Å². The van der Waals surface area contributed by atoms with E-state index in [1.54, 1.807) is 0 Å². The van der Waals surface area contributed by atoms with Crippen LogP contribution < -0.4 is 16.4 Å². The van der Waals surface area contributed by atoms with E-state index in [9.17, 15) is 4.79 Å². The van der Waals surface area contributed by atoms with Crippen LogP contribution in [0.3, 0.4) is 0 Å². The molecule has 4 nitrogen and oxygen atoms in total. The average molecular weight is 221 g/mol. The zero-order valence-corrected chi connectivity index (χ0v) is 9.79. The predicted octanol–water partition coefficient (Wildman–Crippen LogP) is 1.22. The van der Waals surface area contributed by atoms with Crippen molar-refractivity contribution >= 4 is 6.03 Å². The molecule has 16 heavy (non-hydrogen) atoms. The van der Waals surface area contributed by atoms with Gasteiger partial charge in [-0.05, 0) is 19.4 Å². The Labute approximate surface area is 96.2 Å². The SMILES string of the molecule is CC(C)(N)CNC(=O)NCc1ccccc1. The summed E-state index contributed by atoms with van der Waals surface area (Å²) >= 11 is 0. The molecule has 0 saturated carbocycles. The van der Waals surface area contributed by atoms with Crippen LogP contribution in [0.2, 0.25) is 0 Å². The number of hydrogen-bond donors (Lipinski definition) is 3. The van der Waals surface area contributed by atoms with Crippen molar-refractivity contribution in [3.05, 3.63) is 35.9 Å². The highest BCUT2D eigenvalue weighted by Crippen LogP contribution is 1.97. The van der Waals surface area contributed by atoms with Gasteiger partial charge in [0.15, 0.2) is 0 Å². The lowest BCUT2D eigenvalue weighted by atomic mass is 10.1. The van der Waals surface area contributed by atoms with Gasteiger partial charge in [0.05, 0.1) is 0 Å². The number of urea groups is 1. The van der Waals surface area contributed by atoms with Crippen molar-refractivity contribution in [3.8, 4) is 0 Å². The molecule has 0 aliphatic rings. The van der Waals surface area contributed by atoms with E-state index < -0.39 is 0 Å². The van der Waals surface area contributed by atoms with Crippen molar-refractivity contribution in [1.82, 2.24) is 10.6 Å². The van der Waals surface area contributed by atoms with Crippen LogP contribution in [0.4, 0.5) is 4.79 Å². The Kier molecular flexibility index (Phi) is 4.31. The van der Waals surface area contributed by atoms with Gasteiger partial charge in [0.1, 0.15) is 0 Å². The molecule has 4 N–H and O–H groups in total. The average Bonchev–Trinajstić information content (AvgIpc) is 2.24. The molecule has 1 rings (SSSR count). The fourth-order valence-electron chi connectivity index (χ4n) is 1.15. The maximum absolute atomic E-state index is 11.4. The van der Waals surface area contributed by atoms with Crippen LogP contribution in [0, 0.1) is 0 Å². The van der Waals surface area contributed by atoms with Gasteiger partial charge in [0.2, 0.25) is 0 Å². The van der Waals surface area contributed by atoms with Crippen LogP contribution in [0.5, 0.6) is 0 Å². The monoisotopic (exact) mass is 221 g/mol. The van der Waals surface area contributed by atoms with Crippen molar-refractivity contribution in [2.45, 2.75) is 25.9 Å². The highest BCUT2D eigenvalue weighted by Gasteiger charge is 2.11. The fraction of sp³-hybridized carbons (Fsp3) is 0.417. The Bertz CT molecular complexity index is 330. The minimum absolute atomic E-state index is 0.192. The van der Waals surface area contributed by atoms with Crippen LogP contribution >= 0.6 is 0 Å². The zero-order chi connectivity index (χ0) is 12.0. The summed E-state index contributed by atoms with van der Waals surface area (Å²) in [6.07, 6.45) is 0. The molecule has 0 aliphatic carbocycles. The smallest absolute Gasteiger partial charge is 0.315 e. The molecule has 0 unspecified atom stereocenters. The maximum Gasteiger partial charge on any atom is 0.315 e. The zero-order valence-electron chi connectivity index (χ0n) is 9.79. The van der Waals surface area contributed by atoms with Gasteiger partial charge in [-0.25, -0.2) is 4.79 Å². The summed E-state index contributed by atoms with van der Waals surface area (Å²) < 4.78 is 0. The van der Waals surface area contributed by atoms with Crippen molar-refractivity contribution < 1.29 is 4.79 Å². The number of rotatable bonds is 4. The van der Waals surface area contributed by atoms with Gasteiger partial charge in [-0.2, -0.15) is 0 Å². The third kappa shape index (κ3) is 5.36. The predicted molar refractivity (Wildman–Crippen MR) is 64.9 cm³/mol. The number of hydrogen-bond acceptors (Lipinski definition) is 2. The molecule has 0 aliphatic heterocycles. The molecule has 0 bridgehead atoms. The van der Waals surface area contributed by atoms with E-state index in [4.69, 9.17) is 5.73 Å². The molecular formula is C12H19N3O. The number of nitrogens with two attached hydrogens (primary N) is 1. The van der Waals surface area contributed by atoms with Crippen molar-refractivity contribution in [3.63, 3.8) is 0 Å². The minimum Gasteiger partial charge on any atom is -0.336 e. The Morgan fingerprint density at radius 2 is 1.88 bits per heavy atom. The Balaban J connectivity index is 2.26. The number of amides is 2. The second-order valence-electron chi connectivity index (χ2n) is 4.51. The van der Waals surface area contributed by atoms with Crippen LogP contribution in [0.25, 0.3) is 0 Å². The molecule has 0 heterocycles. The fourth-order valence-corrected chi connectivity index (χ4v) is 1.15. The van der Waals surface area contributed by atoms with Crippen molar-refractivity contribution in [1.29, 1.82) is 0 Å². The third-order valence-corrected chi connectivity index (χ3v) is 2.00. The number of benzene rings is 1. The van der Waals surface area contributed by atoms with E-state index in [1.807, 2.05) is 44.2 Å². The van der Waals surface area contributed by atoms with Crippen molar-refractivity contribution in [2.24, 2.45) is 5.73 Å². The largest absolute Gasteiger partial charge is 0.336 e. The van der Waals surface area contributed by atoms with E-state index in [0.717, 1.165) is 5.56 Å². The summed E-state index contributed by atoms with van der Waals surface area (Å²) in [6.45, 7) is 4.71. The van der Waals surface area contributed by atoms with Gasteiger partial charge in [0.25, 0.3) is 0 Å². The molecule has 0 fully saturated rings. The molecule has 0 atom stereocenters. The highest BCUT2D eigenvalue weighted by molar-refractivity contribution is 5.73. The summed E-state index contributed by atoms with van der Waals surface area (Å²) in [7, 11) is 0. The molecule has 0 aromatic heterocycles. The molecule has 2 amide bonds. The first-order valence-electron chi connectivity index (χ1n) is 5.32. The number of carbonyl (C=O) groups excluding carboxylic acids is 1. The first-order chi connectivity index (χ1) is 7.47. The molecule has 1 aromatic rings. The summed E-state index contributed by atoms with van der Waals surface area (Å²) in [5.74, 6) is 0. The second kappa shape index (κ2) is 5.51. The third-order valence-electron chi connectivity index (χ3n) is 2.00. The summed E-state index contributed by atoms with van der Waals surface area (Å²) in [5.41, 5.74) is 6.44. The Hall–Kier alpha value is -1.55. The van der Waals surface area contributed by atoms with Gasteiger partial charge in [-0.1, -0.05) is 30.3 Å². The first kappa shape index (κ1) is 12.5. The molecular weight excluding hydrogens is 202 g/mol. The lowest BCUT2D eigenvalue weighted by Gasteiger charge is -2.19. The van der Waals surface area contributed by atoms with E-state index in [2.05, 4.69) is 10.6 Å². The lowest BCUT2D eigenvalue weighted by Crippen LogP contribution is -2.47. The van der Waals surface area contributed by atoms with Gasteiger partial charge in [-0.15, -0.1) is 0 Å². The maximum atomic E-state index is 11.4. The van der Waals surface area contributed by atoms with E-state index in [-0.39, 0.29) is 11.6 Å². The van der Waals surface area contributed by atoms with E-state index >= 15 is 0 Å². The van der Waals surface area contributed by atoms with Crippen LogP contribution in [-0.4, -0.2) is 18.1 Å². The molecule has 0 saturated heterocycles. The minimum atomic E-state index is -0.385. The van der Waals surface area contributed by atoms with Crippen LogP contribution in [0.15, 0.2) is 30.3 Å². The lowest BCUT2D eigenvalue weighted by molar-refractivity contribution is 0.238. The highest BCUT2D eigenvalue weighted by atomic mass is 16.2. The van der Waals surface area contributed by atoms with Crippen LogP contribution in [0.1, 0.15) is 19.4 Å². The van der Waals surface area contributed by atoms with Crippen molar-refractivity contribution in [2.75, 3.05) is 6.54 Å². The second-order valence-corrected chi connectivity index (χ2v) is 4.51. The normalized spacial score (nSPS) is 10.9. The first-order valence-corrected chi connectivity index (χ1v) is 5.32. The molecule has 1 aromatic carbocycles. The quantitative estimate of drug-likeness (QED) is 0.715. The van der Waals surface area contributed by atoms with Crippen LogP contribution in [-0.2, 0) is 6.54 Å². The summed E-state index contributed by atoms with van der Waals surface area (Å²) in [6, 6.07) is 9.57. The van der Waals surface area contributed by atoms with Gasteiger partial charge in [-0.3, -0.25) is 0 Å². The molecule has 4 heteroatoms. The molecule has 0 spiro atoms. The number of carbonyl (C=O) groups is 1. The molecule has 88 valence electrons. The van der Waals surface area contributed by atoms with E-state index in [0.29, 0.717) is 13.1 Å². The van der Waals surface area contributed by atoms with Gasteiger partial charge >= 0.3 is 6.03 Å². The summed E-state index contributed by atoms with van der Waals surface area (Å²) in [4.78, 5) is 11.4. The Morgan fingerprint density at radius 1 is 1.25 bits per heavy atom. The Morgan fingerprint density at radius 3 is 2.44 bits per heavy atom. The number of nitrogens with one attached hydrogen (secondary N) is 2. The standard InChI is InChI=1S/C12H19N3O/c1-12(2,13)9-15-11(16)14-8-10-6-4-3-5-7-10/h3-7H,8-9,13H2,1-2H3,(H2,14,15,16). The van der Waals surface area contributed by atoms with Gasteiger partial charge < -0.3 is 16.4 Å². The van der Waals surface area contributed by atoms with E-state index in [1.165, 1.54) is 0 Å².